The number of hydrogen-bond donors (Lipinski definition) is 0. The average Bonchev–Trinajstić information content (AvgIpc) is 2.31. The van der Waals surface area contributed by atoms with Crippen LogP contribution in [0.2, 0.25) is 5.02 Å². The van der Waals surface area contributed by atoms with Crippen LogP contribution in [0, 0.1) is 0 Å². The Bertz CT molecular complexity index is 496. The summed E-state index contributed by atoms with van der Waals surface area (Å²) < 4.78 is 0. The molecule has 16 heavy (non-hydrogen) atoms. The van der Waals surface area contributed by atoms with Crippen molar-refractivity contribution in [2.45, 2.75) is 6.42 Å². The second-order valence-corrected chi connectivity index (χ2v) is 3.81. The van der Waals surface area contributed by atoms with Crippen LogP contribution in [0.1, 0.15) is 16.1 Å². The SMILES string of the molecule is O=C(Cc1ccccn1)c1ccccc1Cl. The lowest BCUT2D eigenvalue weighted by Crippen LogP contribution is -2.05. The standard InChI is InChI=1S/C13H10ClNO/c14-12-7-2-1-6-11(12)13(16)9-10-5-3-4-8-15-10/h1-8H,9H2. The van der Waals surface area contributed by atoms with Crippen LogP contribution in [-0.2, 0) is 6.42 Å². The molecule has 0 spiro atoms. The number of pyridine rings is 1. The van der Waals surface area contributed by atoms with Crippen molar-refractivity contribution in [3.8, 4) is 0 Å². The third kappa shape index (κ3) is 2.47. The molecule has 80 valence electrons. The molecule has 1 heterocycles. The van der Waals surface area contributed by atoms with Crippen LogP contribution in [0.15, 0.2) is 48.7 Å². The lowest BCUT2D eigenvalue weighted by atomic mass is 10.1. The third-order valence-electron chi connectivity index (χ3n) is 2.24. The zero-order valence-electron chi connectivity index (χ0n) is 8.56. The summed E-state index contributed by atoms with van der Waals surface area (Å²) in [5.74, 6) is -0.00991. The number of carbonyl (C=O) groups excluding carboxylic acids is 1. The Labute approximate surface area is 98.9 Å². The number of halogens is 1. The molecule has 1 aromatic carbocycles. The van der Waals surface area contributed by atoms with E-state index in [4.69, 9.17) is 11.6 Å². The highest BCUT2D eigenvalue weighted by Crippen LogP contribution is 2.16. The minimum atomic E-state index is -0.00991. The lowest BCUT2D eigenvalue weighted by molar-refractivity contribution is 0.0992. The summed E-state index contributed by atoms with van der Waals surface area (Å²) >= 11 is 5.94. The molecule has 0 N–H and O–H groups in total. The number of hydrogen-bond acceptors (Lipinski definition) is 2. The van der Waals surface area contributed by atoms with Gasteiger partial charge in [-0.15, -0.1) is 0 Å². The van der Waals surface area contributed by atoms with Gasteiger partial charge in [0.15, 0.2) is 5.78 Å². The highest BCUT2D eigenvalue weighted by atomic mass is 35.5. The Kier molecular flexibility index (Phi) is 3.32. The summed E-state index contributed by atoms with van der Waals surface area (Å²) in [7, 11) is 0. The monoisotopic (exact) mass is 231 g/mol. The van der Waals surface area contributed by atoms with Gasteiger partial charge in [-0.1, -0.05) is 29.8 Å². The molecule has 2 rings (SSSR count). The van der Waals surface area contributed by atoms with Crippen molar-refractivity contribution in [2.75, 3.05) is 0 Å². The molecule has 2 aromatic rings. The molecule has 0 radical (unpaired) electrons. The maximum atomic E-state index is 11.9. The molecule has 3 heteroatoms. The van der Waals surface area contributed by atoms with E-state index < -0.39 is 0 Å². The van der Waals surface area contributed by atoms with Gasteiger partial charge < -0.3 is 0 Å². The molecular formula is C13H10ClNO. The topological polar surface area (TPSA) is 30.0 Å². The van der Waals surface area contributed by atoms with Crippen LogP contribution in [0.5, 0.6) is 0 Å². The van der Waals surface area contributed by atoms with E-state index in [-0.39, 0.29) is 12.2 Å². The van der Waals surface area contributed by atoms with Crippen LogP contribution in [0.3, 0.4) is 0 Å². The van der Waals surface area contributed by atoms with Gasteiger partial charge in [0.25, 0.3) is 0 Å². The molecule has 0 amide bonds. The molecule has 0 aliphatic carbocycles. The fourth-order valence-corrected chi connectivity index (χ4v) is 1.69. The Morgan fingerprint density at radius 2 is 1.88 bits per heavy atom. The van der Waals surface area contributed by atoms with Crippen LogP contribution in [0.4, 0.5) is 0 Å². The summed E-state index contributed by atoms with van der Waals surface area (Å²) in [5.41, 5.74) is 1.31. The molecule has 2 nitrogen and oxygen atoms in total. The van der Waals surface area contributed by atoms with Gasteiger partial charge in [-0.25, -0.2) is 0 Å². The quantitative estimate of drug-likeness (QED) is 0.760. The Balaban J connectivity index is 2.19. The van der Waals surface area contributed by atoms with E-state index in [9.17, 15) is 4.79 Å². The highest BCUT2D eigenvalue weighted by Gasteiger charge is 2.10. The van der Waals surface area contributed by atoms with E-state index >= 15 is 0 Å². The largest absolute Gasteiger partial charge is 0.294 e. The molecule has 0 aliphatic rings. The van der Waals surface area contributed by atoms with Gasteiger partial charge in [-0.3, -0.25) is 9.78 Å². The van der Waals surface area contributed by atoms with Crippen molar-refractivity contribution < 1.29 is 4.79 Å². The fraction of sp³-hybridized carbons (Fsp3) is 0.0769. The van der Waals surface area contributed by atoms with E-state index in [0.717, 1.165) is 5.69 Å². The number of aromatic nitrogens is 1. The first-order chi connectivity index (χ1) is 7.77. The molecule has 0 unspecified atom stereocenters. The van der Waals surface area contributed by atoms with E-state index in [2.05, 4.69) is 4.98 Å². The Morgan fingerprint density at radius 1 is 1.12 bits per heavy atom. The van der Waals surface area contributed by atoms with Gasteiger partial charge >= 0.3 is 0 Å². The van der Waals surface area contributed by atoms with Gasteiger partial charge in [0.1, 0.15) is 0 Å². The summed E-state index contributed by atoms with van der Waals surface area (Å²) in [6.45, 7) is 0. The number of benzene rings is 1. The van der Waals surface area contributed by atoms with Crippen LogP contribution >= 0.6 is 11.6 Å². The smallest absolute Gasteiger partial charge is 0.170 e. The van der Waals surface area contributed by atoms with Gasteiger partial charge in [0.05, 0.1) is 11.4 Å². The van der Waals surface area contributed by atoms with Crippen molar-refractivity contribution in [1.29, 1.82) is 0 Å². The zero-order chi connectivity index (χ0) is 11.4. The number of rotatable bonds is 3. The van der Waals surface area contributed by atoms with Gasteiger partial charge in [0, 0.05) is 17.5 Å². The molecular weight excluding hydrogens is 222 g/mol. The van der Waals surface area contributed by atoms with Crippen molar-refractivity contribution in [2.24, 2.45) is 0 Å². The minimum Gasteiger partial charge on any atom is -0.294 e. The first-order valence-corrected chi connectivity index (χ1v) is 5.33. The summed E-state index contributed by atoms with van der Waals surface area (Å²) in [4.78, 5) is 16.0. The lowest BCUT2D eigenvalue weighted by Gasteiger charge is -2.02. The van der Waals surface area contributed by atoms with Crippen molar-refractivity contribution in [3.63, 3.8) is 0 Å². The molecule has 1 aromatic heterocycles. The fourth-order valence-electron chi connectivity index (χ4n) is 1.45. The zero-order valence-corrected chi connectivity index (χ0v) is 9.32. The second kappa shape index (κ2) is 4.90. The van der Waals surface area contributed by atoms with Crippen LogP contribution < -0.4 is 0 Å². The number of ketones is 1. The molecule has 0 saturated carbocycles. The molecule has 0 aliphatic heterocycles. The molecule has 0 saturated heterocycles. The predicted octanol–water partition coefficient (Wildman–Crippen LogP) is 3.16. The maximum Gasteiger partial charge on any atom is 0.170 e. The van der Waals surface area contributed by atoms with Gasteiger partial charge in [0.2, 0.25) is 0 Å². The van der Waals surface area contributed by atoms with E-state index in [1.54, 1.807) is 30.5 Å². The van der Waals surface area contributed by atoms with Crippen molar-refractivity contribution in [3.05, 3.63) is 64.9 Å². The van der Waals surface area contributed by atoms with Crippen molar-refractivity contribution in [1.82, 2.24) is 4.98 Å². The Morgan fingerprint density at radius 3 is 2.56 bits per heavy atom. The van der Waals surface area contributed by atoms with E-state index in [1.807, 2.05) is 18.2 Å². The predicted molar refractivity (Wildman–Crippen MR) is 63.7 cm³/mol. The molecule has 0 atom stereocenters. The number of Topliss-reactive ketones (excluding diaryl/α,β-unsaturated/α-hetero) is 1. The van der Waals surface area contributed by atoms with Crippen molar-refractivity contribution >= 4 is 17.4 Å². The second-order valence-electron chi connectivity index (χ2n) is 3.40. The molecule has 0 fully saturated rings. The third-order valence-corrected chi connectivity index (χ3v) is 2.57. The normalized spacial score (nSPS) is 10.1. The first kappa shape index (κ1) is 10.8. The highest BCUT2D eigenvalue weighted by molar-refractivity contribution is 6.34. The number of nitrogens with zero attached hydrogens (tertiary/aromatic N) is 1. The van der Waals surface area contributed by atoms with Gasteiger partial charge in [-0.2, -0.15) is 0 Å². The number of carbonyl (C=O) groups is 1. The maximum absolute atomic E-state index is 11.9. The van der Waals surface area contributed by atoms with Crippen LogP contribution in [0.25, 0.3) is 0 Å². The van der Waals surface area contributed by atoms with E-state index in [1.165, 1.54) is 0 Å². The van der Waals surface area contributed by atoms with Gasteiger partial charge in [-0.05, 0) is 24.3 Å². The summed E-state index contributed by atoms with van der Waals surface area (Å²) in [6.07, 6.45) is 1.96. The average molecular weight is 232 g/mol. The summed E-state index contributed by atoms with van der Waals surface area (Å²) in [5, 5.41) is 0.489. The first-order valence-electron chi connectivity index (χ1n) is 4.95. The minimum absolute atomic E-state index is 0.00991. The molecule has 0 bridgehead atoms. The van der Waals surface area contributed by atoms with E-state index in [0.29, 0.717) is 10.6 Å². The summed E-state index contributed by atoms with van der Waals surface area (Å²) in [6, 6.07) is 12.6. The van der Waals surface area contributed by atoms with Crippen LogP contribution in [-0.4, -0.2) is 10.8 Å². The Hall–Kier alpha value is -1.67.